The molecule has 0 aliphatic carbocycles. The molecule has 2 unspecified atom stereocenters. The van der Waals surface area contributed by atoms with Crippen molar-refractivity contribution < 1.29 is 45.2 Å². The van der Waals surface area contributed by atoms with Crippen LogP contribution in [0.4, 0.5) is 42.1 Å². The fourth-order valence-corrected chi connectivity index (χ4v) is 3.43. The number of halogens is 7. The van der Waals surface area contributed by atoms with Crippen LogP contribution in [0.3, 0.4) is 0 Å². The van der Waals surface area contributed by atoms with Gasteiger partial charge in [0.1, 0.15) is 6.10 Å². The van der Waals surface area contributed by atoms with Crippen molar-refractivity contribution >= 4 is 17.7 Å². The molecule has 0 saturated carbocycles. The van der Waals surface area contributed by atoms with Crippen molar-refractivity contribution in [2.24, 2.45) is 0 Å². The second-order valence-corrected chi connectivity index (χ2v) is 6.94. The van der Waals surface area contributed by atoms with Crippen LogP contribution in [0.5, 0.6) is 0 Å². The highest BCUT2D eigenvalue weighted by Crippen LogP contribution is 2.53. The molecule has 3 rings (SSSR count). The normalized spacial score (nSPS) is 18.9. The lowest BCUT2D eigenvalue weighted by atomic mass is 9.92. The molecule has 0 radical (unpaired) electrons. The standard InChI is InChI=1S/C19H13F7N2O4/c1-9-7-10(17(20,18(21,22)23)19(24,25)26)5-6-12(9)27-16-15-11(14(8-29)32-16)3-2-4-13(15)28(30)31/h2-8,14,16,27H,1H3. The summed E-state index contributed by atoms with van der Waals surface area (Å²) in [4.78, 5) is 21.9. The van der Waals surface area contributed by atoms with Crippen molar-refractivity contribution in [1.82, 2.24) is 0 Å². The average Bonchev–Trinajstić information content (AvgIpc) is 3.04. The summed E-state index contributed by atoms with van der Waals surface area (Å²) in [5, 5.41) is 14.0. The van der Waals surface area contributed by atoms with Gasteiger partial charge in [0.15, 0.2) is 12.5 Å². The molecule has 13 heteroatoms. The second kappa shape index (κ2) is 7.73. The molecule has 0 fully saturated rings. The highest BCUT2D eigenvalue weighted by molar-refractivity contribution is 5.67. The Bertz CT molecular complexity index is 1050. The number of hydrogen-bond donors (Lipinski definition) is 1. The van der Waals surface area contributed by atoms with Crippen LogP contribution in [0.25, 0.3) is 0 Å². The molecule has 0 saturated heterocycles. The predicted molar refractivity (Wildman–Crippen MR) is 95.4 cm³/mol. The summed E-state index contributed by atoms with van der Waals surface area (Å²) >= 11 is 0. The molecule has 1 aliphatic heterocycles. The zero-order valence-corrected chi connectivity index (χ0v) is 15.9. The number of rotatable bonds is 5. The van der Waals surface area contributed by atoms with Crippen LogP contribution in [0.1, 0.15) is 34.6 Å². The van der Waals surface area contributed by atoms with Crippen molar-refractivity contribution in [2.45, 2.75) is 37.3 Å². The van der Waals surface area contributed by atoms with Gasteiger partial charge in [-0.2, -0.15) is 26.3 Å². The molecule has 32 heavy (non-hydrogen) atoms. The third-order valence-corrected chi connectivity index (χ3v) is 4.98. The topological polar surface area (TPSA) is 81.5 Å². The van der Waals surface area contributed by atoms with E-state index in [0.717, 1.165) is 19.1 Å². The van der Waals surface area contributed by atoms with Crippen LogP contribution in [0.2, 0.25) is 0 Å². The maximum atomic E-state index is 14.3. The van der Waals surface area contributed by atoms with Gasteiger partial charge in [0.05, 0.1) is 10.5 Å². The summed E-state index contributed by atoms with van der Waals surface area (Å²) in [6.45, 7) is 1.12. The minimum atomic E-state index is -6.27. The van der Waals surface area contributed by atoms with Gasteiger partial charge in [0, 0.05) is 22.9 Å². The van der Waals surface area contributed by atoms with E-state index in [9.17, 15) is 45.6 Å². The number of aldehydes is 1. The number of nitro benzene ring substituents is 1. The average molecular weight is 466 g/mol. The van der Waals surface area contributed by atoms with E-state index < -0.39 is 46.5 Å². The minimum absolute atomic E-state index is 0.0245. The van der Waals surface area contributed by atoms with Crippen LogP contribution in [-0.4, -0.2) is 23.6 Å². The monoisotopic (exact) mass is 466 g/mol. The van der Waals surface area contributed by atoms with Gasteiger partial charge in [-0.05, 0) is 18.6 Å². The highest BCUT2D eigenvalue weighted by Gasteiger charge is 2.73. The van der Waals surface area contributed by atoms with Gasteiger partial charge in [-0.15, -0.1) is 0 Å². The van der Waals surface area contributed by atoms with Crippen LogP contribution < -0.4 is 5.32 Å². The Morgan fingerprint density at radius 1 is 1.06 bits per heavy atom. The highest BCUT2D eigenvalue weighted by atomic mass is 19.4. The molecule has 1 aliphatic rings. The lowest BCUT2D eigenvalue weighted by Crippen LogP contribution is -2.50. The summed E-state index contributed by atoms with van der Waals surface area (Å²) in [7, 11) is 0. The van der Waals surface area contributed by atoms with Crippen molar-refractivity contribution in [1.29, 1.82) is 0 Å². The van der Waals surface area contributed by atoms with E-state index in [1.54, 1.807) is 0 Å². The molecular formula is C19H13F7N2O4. The first-order valence-electron chi connectivity index (χ1n) is 8.80. The Morgan fingerprint density at radius 2 is 1.69 bits per heavy atom. The minimum Gasteiger partial charge on any atom is -0.356 e. The lowest BCUT2D eigenvalue weighted by Gasteiger charge is -2.31. The third kappa shape index (κ3) is 3.66. The van der Waals surface area contributed by atoms with Gasteiger partial charge in [-0.1, -0.05) is 24.3 Å². The van der Waals surface area contributed by atoms with E-state index in [2.05, 4.69) is 5.32 Å². The fourth-order valence-electron chi connectivity index (χ4n) is 3.43. The molecule has 2 aromatic carbocycles. The number of fused-ring (bicyclic) bond motifs is 1. The van der Waals surface area contributed by atoms with Crippen LogP contribution in [0, 0.1) is 17.0 Å². The molecular weight excluding hydrogens is 453 g/mol. The van der Waals surface area contributed by atoms with E-state index in [4.69, 9.17) is 4.74 Å². The van der Waals surface area contributed by atoms with Crippen LogP contribution in [0.15, 0.2) is 36.4 Å². The molecule has 172 valence electrons. The van der Waals surface area contributed by atoms with Gasteiger partial charge < -0.3 is 14.8 Å². The van der Waals surface area contributed by atoms with Gasteiger partial charge in [-0.25, -0.2) is 4.39 Å². The van der Waals surface area contributed by atoms with E-state index >= 15 is 0 Å². The van der Waals surface area contributed by atoms with Crippen LogP contribution in [-0.2, 0) is 15.2 Å². The van der Waals surface area contributed by atoms with Crippen molar-refractivity contribution in [3.05, 3.63) is 68.8 Å². The molecule has 0 bridgehead atoms. The van der Waals surface area contributed by atoms with Crippen LogP contribution >= 0.6 is 0 Å². The quantitative estimate of drug-likeness (QED) is 0.270. The number of nitrogens with one attached hydrogen (secondary N) is 1. The number of carbonyl (C=O) groups excluding carboxylic acids is 1. The Balaban J connectivity index is 2.02. The first kappa shape index (κ1) is 23.4. The molecule has 1 heterocycles. The molecule has 2 atom stereocenters. The van der Waals surface area contributed by atoms with E-state index in [-0.39, 0.29) is 22.4 Å². The first-order chi connectivity index (χ1) is 14.7. The summed E-state index contributed by atoms with van der Waals surface area (Å²) in [5.41, 5.74) is -7.83. The smallest absolute Gasteiger partial charge is 0.356 e. The summed E-state index contributed by atoms with van der Waals surface area (Å²) in [5.74, 6) is 0. The predicted octanol–water partition coefficient (Wildman–Crippen LogP) is 5.57. The molecule has 0 amide bonds. The third-order valence-electron chi connectivity index (χ3n) is 4.98. The molecule has 0 spiro atoms. The number of ether oxygens (including phenoxy) is 1. The maximum Gasteiger partial charge on any atom is 0.435 e. The number of anilines is 1. The SMILES string of the molecule is Cc1cc(C(F)(C(F)(F)F)C(F)(F)F)ccc1NC1OC(C=O)c2cccc([N+](=O)[O-])c21. The Hall–Kier alpha value is -3.22. The summed E-state index contributed by atoms with van der Waals surface area (Å²) < 4.78 is 97.6. The van der Waals surface area contributed by atoms with E-state index in [0.29, 0.717) is 18.4 Å². The molecule has 0 aromatic heterocycles. The maximum absolute atomic E-state index is 14.3. The number of nitrogens with zero attached hydrogens (tertiary/aromatic N) is 1. The van der Waals surface area contributed by atoms with Crippen molar-refractivity contribution in [3.8, 4) is 0 Å². The molecule has 2 aromatic rings. The number of benzene rings is 2. The Labute approximate surface area is 175 Å². The largest absolute Gasteiger partial charge is 0.435 e. The zero-order chi connectivity index (χ0) is 24.1. The summed E-state index contributed by atoms with van der Waals surface area (Å²) in [6, 6.07) is 5.32. The number of alkyl halides is 7. The second-order valence-electron chi connectivity index (χ2n) is 6.94. The Kier molecular flexibility index (Phi) is 5.66. The van der Waals surface area contributed by atoms with E-state index in [1.807, 2.05) is 0 Å². The number of aryl methyl sites for hydroxylation is 1. The number of hydrogen-bond acceptors (Lipinski definition) is 5. The Morgan fingerprint density at radius 3 is 2.19 bits per heavy atom. The van der Waals surface area contributed by atoms with Crippen molar-refractivity contribution in [2.75, 3.05) is 5.32 Å². The van der Waals surface area contributed by atoms with Gasteiger partial charge >= 0.3 is 18.0 Å². The molecule has 6 nitrogen and oxygen atoms in total. The fraction of sp³-hybridized carbons (Fsp3) is 0.316. The van der Waals surface area contributed by atoms with Crippen molar-refractivity contribution in [3.63, 3.8) is 0 Å². The van der Waals surface area contributed by atoms with Gasteiger partial charge in [-0.3, -0.25) is 10.1 Å². The number of nitro groups is 1. The lowest BCUT2D eigenvalue weighted by molar-refractivity contribution is -0.385. The van der Waals surface area contributed by atoms with Gasteiger partial charge in [0.2, 0.25) is 0 Å². The molecule has 1 N–H and O–H groups in total. The zero-order valence-electron chi connectivity index (χ0n) is 15.9. The number of carbonyl (C=O) groups is 1. The van der Waals surface area contributed by atoms with Gasteiger partial charge in [0.25, 0.3) is 5.69 Å². The van der Waals surface area contributed by atoms with E-state index in [1.165, 1.54) is 12.1 Å². The first-order valence-corrected chi connectivity index (χ1v) is 8.80. The summed E-state index contributed by atoms with van der Waals surface area (Å²) in [6.07, 6.45) is -14.7.